The maximum absolute atomic E-state index is 12.6. The second-order valence-corrected chi connectivity index (χ2v) is 5.92. The zero-order valence-electron chi connectivity index (χ0n) is 11.6. The molecule has 1 fully saturated rings. The summed E-state index contributed by atoms with van der Waals surface area (Å²) in [6.07, 6.45) is -3.34. The standard InChI is InChI=1S/C12H17F3N4OS/c1-2-5-16-11-18-17-9(21-11)10(20)19-6-3-8(4-7-19)12(13,14)15/h8H,2-7H2,1H3,(H,16,18). The Morgan fingerprint density at radius 2 is 2.05 bits per heavy atom. The van der Waals surface area contributed by atoms with Crippen LogP contribution in [0.3, 0.4) is 0 Å². The van der Waals surface area contributed by atoms with Crippen LogP contribution in [0.4, 0.5) is 18.3 Å². The molecule has 2 rings (SSSR count). The summed E-state index contributed by atoms with van der Waals surface area (Å²) < 4.78 is 37.7. The molecule has 2 heterocycles. The van der Waals surface area contributed by atoms with Crippen LogP contribution in [-0.4, -0.2) is 46.8 Å². The van der Waals surface area contributed by atoms with Crippen LogP contribution in [0.2, 0.25) is 0 Å². The van der Waals surface area contributed by atoms with E-state index in [1.807, 2.05) is 6.92 Å². The third kappa shape index (κ3) is 4.05. The molecule has 0 spiro atoms. The number of alkyl halides is 3. The smallest absolute Gasteiger partial charge is 0.360 e. The summed E-state index contributed by atoms with van der Waals surface area (Å²) in [5, 5.41) is 11.5. The second kappa shape index (κ2) is 6.59. The Balaban J connectivity index is 1.91. The summed E-state index contributed by atoms with van der Waals surface area (Å²) in [6.45, 7) is 2.96. The van der Waals surface area contributed by atoms with Gasteiger partial charge in [-0.2, -0.15) is 13.2 Å². The average Bonchev–Trinajstić information content (AvgIpc) is 2.92. The number of carbonyl (C=O) groups is 1. The van der Waals surface area contributed by atoms with Crippen LogP contribution in [0, 0.1) is 5.92 Å². The lowest BCUT2D eigenvalue weighted by atomic mass is 9.96. The van der Waals surface area contributed by atoms with Gasteiger partial charge in [0.05, 0.1) is 5.92 Å². The van der Waals surface area contributed by atoms with Crippen molar-refractivity contribution in [2.75, 3.05) is 25.0 Å². The molecule has 1 saturated heterocycles. The topological polar surface area (TPSA) is 58.1 Å². The third-order valence-corrected chi connectivity index (χ3v) is 4.25. The van der Waals surface area contributed by atoms with E-state index in [0.717, 1.165) is 24.3 Å². The Morgan fingerprint density at radius 1 is 1.38 bits per heavy atom. The minimum Gasteiger partial charge on any atom is -0.360 e. The summed E-state index contributed by atoms with van der Waals surface area (Å²) >= 11 is 1.13. The number of carbonyl (C=O) groups excluding carboxylic acids is 1. The number of piperidine rings is 1. The van der Waals surface area contributed by atoms with Crippen molar-refractivity contribution in [1.82, 2.24) is 15.1 Å². The highest BCUT2D eigenvalue weighted by atomic mass is 32.1. The highest BCUT2D eigenvalue weighted by Crippen LogP contribution is 2.34. The quantitative estimate of drug-likeness (QED) is 0.926. The monoisotopic (exact) mass is 322 g/mol. The predicted molar refractivity (Wildman–Crippen MR) is 73.4 cm³/mol. The van der Waals surface area contributed by atoms with E-state index in [4.69, 9.17) is 0 Å². The van der Waals surface area contributed by atoms with Gasteiger partial charge in [0.15, 0.2) is 0 Å². The molecule has 1 amide bonds. The van der Waals surface area contributed by atoms with E-state index >= 15 is 0 Å². The van der Waals surface area contributed by atoms with E-state index in [-0.39, 0.29) is 36.8 Å². The zero-order valence-corrected chi connectivity index (χ0v) is 12.4. The predicted octanol–water partition coefficient (Wildman–Crippen LogP) is 2.77. The van der Waals surface area contributed by atoms with Gasteiger partial charge in [0.1, 0.15) is 0 Å². The average molecular weight is 322 g/mol. The van der Waals surface area contributed by atoms with Gasteiger partial charge < -0.3 is 10.2 Å². The van der Waals surface area contributed by atoms with Crippen molar-refractivity contribution >= 4 is 22.4 Å². The van der Waals surface area contributed by atoms with Gasteiger partial charge in [-0.3, -0.25) is 4.79 Å². The van der Waals surface area contributed by atoms with Crippen molar-refractivity contribution in [3.05, 3.63) is 5.01 Å². The number of anilines is 1. The first kappa shape index (κ1) is 16.0. The van der Waals surface area contributed by atoms with Crippen molar-refractivity contribution in [1.29, 1.82) is 0 Å². The number of likely N-dealkylation sites (tertiary alicyclic amines) is 1. The Morgan fingerprint density at radius 3 is 2.62 bits per heavy atom. The molecule has 0 atom stereocenters. The van der Waals surface area contributed by atoms with Gasteiger partial charge in [0.25, 0.3) is 5.91 Å². The first-order valence-electron chi connectivity index (χ1n) is 6.85. The Labute approximate surface area is 124 Å². The molecule has 0 unspecified atom stereocenters. The minimum atomic E-state index is -4.17. The maximum Gasteiger partial charge on any atom is 0.391 e. The lowest BCUT2D eigenvalue weighted by Crippen LogP contribution is -2.42. The molecular formula is C12H17F3N4OS. The molecule has 1 N–H and O–H groups in total. The highest BCUT2D eigenvalue weighted by Gasteiger charge is 2.42. The van der Waals surface area contributed by atoms with Gasteiger partial charge in [-0.1, -0.05) is 18.3 Å². The Kier molecular flexibility index (Phi) is 5.02. The second-order valence-electron chi connectivity index (χ2n) is 4.95. The van der Waals surface area contributed by atoms with Gasteiger partial charge in [0, 0.05) is 19.6 Å². The maximum atomic E-state index is 12.6. The normalized spacial score (nSPS) is 17.0. The van der Waals surface area contributed by atoms with Gasteiger partial charge in [0.2, 0.25) is 10.1 Å². The van der Waals surface area contributed by atoms with Crippen LogP contribution in [0.25, 0.3) is 0 Å². The molecule has 1 aliphatic heterocycles. The fourth-order valence-electron chi connectivity index (χ4n) is 2.16. The van der Waals surface area contributed by atoms with Crippen molar-refractivity contribution in [2.45, 2.75) is 32.4 Å². The van der Waals surface area contributed by atoms with Crippen molar-refractivity contribution in [3.8, 4) is 0 Å². The number of nitrogens with zero attached hydrogens (tertiary/aromatic N) is 3. The van der Waals surface area contributed by atoms with Gasteiger partial charge in [-0.15, -0.1) is 10.2 Å². The number of hydrogen-bond donors (Lipinski definition) is 1. The van der Waals surface area contributed by atoms with E-state index in [9.17, 15) is 18.0 Å². The highest BCUT2D eigenvalue weighted by molar-refractivity contribution is 7.17. The molecule has 9 heteroatoms. The van der Waals surface area contributed by atoms with Gasteiger partial charge >= 0.3 is 6.18 Å². The third-order valence-electron chi connectivity index (χ3n) is 3.38. The van der Waals surface area contributed by atoms with E-state index in [1.54, 1.807) is 0 Å². The molecule has 1 aliphatic rings. The molecule has 118 valence electrons. The number of halogens is 3. The summed E-state index contributed by atoms with van der Waals surface area (Å²) in [6, 6.07) is 0. The van der Waals surface area contributed by atoms with Gasteiger partial charge in [-0.05, 0) is 19.3 Å². The molecule has 0 aromatic carbocycles. The van der Waals surface area contributed by atoms with Crippen LogP contribution in [0.15, 0.2) is 0 Å². The van der Waals surface area contributed by atoms with Gasteiger partial charge in [-0.25, -0.2) is 0 Å². The molecule has 0 aliphatic carbocycles. The summed E-state index contributed by atoms with van der Waals surface area (Å²) in [4.78, 5) is 13.6. The first-order chi connectivity index (χ1) is 9.91. The SMILES string of the molecule is CCCNc1nnc(C(=O)N2CCC(C(F)(F)F)CC2)s1. The molecule has 5 nitrogen and oxygen atoms in total. The number of rotatable bonds is 4. The van der Waals surface area contributed by atoms with E-state index in [1.165, 1.54) is 4.90 Å². The summed E-state index contributed by atoms with van der Waals surface area (Å²) in [5.74, 6) is -1.64. The van der Waals surface area contributed by atoms with E-state index in [0.29, 0.717) is 5.13 Å². The minimum absolute atomic E-state index is 0.0466. The fraction of sp³-hybridized carbons (Fsp3) is 0.750. The van der Waals surface area contributed by atoms with E-state index < -0.39 is 12.1 Å². The number of nitrogens with one attached hydrogen (secondary N) is 1. The summed E-state index contributed by atoms with van der Waals surface area (Å²) in [7, 11) is 0. The number of hydrogen-bond acceptors (Lipinski definition) is 5. The molecular weight excluding hydrogens is 305 g/mol. The zero-order chi connectivity index (χ0) is 15.5. The van der Waals surface area contributed by atoms with Crippen LogP contribution in [0.1, 0.15) is 36.0 Å². The molecule has 1 aromatic rings. The van der Waals surface area contributed by atoms with Crippen molar-refractivity contribution < 1.29 is 18.0 Å². The fourth-order valence-corrected chi connectivity index (χ4v) is 2.90. The summed E-state index contributed by atoms with van der Waals surface area (Å²) in [5.41, 5.74) is 0. The number of amides is 1. The van der Waals surface area contributed by atoms with Crippen molar-refractivity contribution in [3.63, 3.8) is 0 Å². The first-order valence-corrected chi connectivity index (χ1v) is 7.66. The Hall–Kier alpha value is -1.38. The lowest BCUT2D eigenvalue weighted by Gasteiger charge is -2.32. The molecule has 0 radical (unpaired) electrons. The largest absolute Gasteiger partial charge is 0.391 e. The van der Waals surface area contributed by atoms with E-state index in [2.05, 4.69) is 15.5 Å². The number of aromatic nitrogens is 2. The van der Waals surface area contributed by atoms with Crippen LogP contribution in [0.5, 0.6) is 0 Å². The van der Waals surface area contributed by atoms with Crippen LogP contribution < -0.4 is 5.32 Å². The molecule has 1 aromatic heterocycles. The van der Waals surface area contributed by atoms with Crippen LogP contribution >= 0.6 is 11.3 Å². The Bertz CT molecular complexity index is 483. The molecule has 21 heavy (non-hydrogen) atoms. The van der Waals surface area contributed by atoms with Crippen molar-refractivity contribution in [2.24, 2.45) is 5.92 Å². The molecule has 0 saturated carbocycles. The molecule has 0 bridgehead atoms. The van der Waals surface area contributed by atoms with Crippen LogP contribution in [-0.2, 0) is 0 Å². The lowest BCUT2D eigenvalue weighted by molar-refractivity contribution is -0.183.